The van der Waals surface area contributed by atoms with Gasteiger partial charge in [0.2, 0.25) is 0 Å². The molecule has 1 fully saturated rings. The molecule has 0 spiro atoms. The van der Waals surface area contributed by atoms with Gasteiger partial charge in [0.1, 0.15) is 17.6 Å². The third-order valence-corrected chi connectivity index (χ3v) is 5.11. The van der Waals surface area contributed by atoms with Gasteiger partial charge in [-0.25, -0.2) is 0 Å². The van der Waals surface area contributed by atoms with E-state index in [0.29, 0.717) is 22.8 Å². The number of nitrogens with zero attached hydrogens (tertiary/aromatic N) is 2. The van der Waals surface area contributed by atoms with E-state index in [1.54, 1.807) is 36.4 Å². The molecule has 3 heterocycles. The highest BCUT2D eigenvalue weighted by molar-refractivity contribution is 6.46. The van der Waals surface area contributed by atoms with Crippen molar-refractivity contribution >= 4 is 29.1 Å². The lowest BCUT2D eigenvalue weighted by Crippen LogP contribution is -2.31. The summed E-state index contributed by atoms with van der Waals surface area (Å²) in [5.74, 6) is -1.25. The van der Waals surface area contributed by atoms with Crippen LogP contribution in [-0.4, -0.2) is 33.2 Å². The fourth-order valence-corrected chi connectivity index (χ4v) is 3.55. The van der Waals surface area contributed by atoms with Crippen LogP contribution in [0.5, 0.6) is 0 Å². The molecule has 146 valence electrons. The predicted molar refractivity (Wildman–Crippen MR) is 107 cm³/mol. The highest BCUT2D eigenvalue weighted by Gasteiger charge is 2.47. The van der Waals surface area contributed by atoms with Crippen molar-refractivity contribution in [3.63, 3.8) is 0 Å². The molecule has 1 aliphatic heterocycles. The van der Waals surface area contributed by atoms with E-state index in [1.807, 2.05) is 12.1 Å². The lowest BCUT2D eigenvalue weighted by Gasteiger charge is -2.23. The molecule has 0 aliphatic carbocycles. The number of halogens is 1. The SMILES string of the molecule is O=C1C(=O)N(CCc2ccc(Cl)cc2)C(c2ccco2)/C1=C(/O)c1ccncc1. The molecule has 1 unspecified atom stereocenters. The van der Waals surface area contributed by atoms with E-state index in [4.69, 9.17) is 16.0 Å². The van der Waals surface area contributed by atoms with Gasteiger partial charge in [0.25, 0.3) is 11.7 Å². The minimum absolute atomic E-state index is 0.00672. The molecule has 0 bridgehead atoms. The summed E-state index contributed by atoms with van der Waals surface area (Å²) in [5.41, 5.74) is 1.39. The summed E-state index contributed by atoms with van der Waals surface area (Å²) >= 11 is 5.92. The van der Waals surface area contributed by atoms with Gasteiger partial charge >= 0.3 is 0 Å². The van der Waals surface area contributed by atoms with Crippen LogP contribution in [0.2, 0.25) is 5.02 Å². The van der Waals surface area contributed by atoms with Gasteiger partial charge in [-0.1, -0.05) is 23.7 Å². The van der Waals surface area contributed by atoms with Crippen LogP contribution < -0.4 is 0 Å². The van der Waals surface area contributed by atoms with E-state index in [-0.39, 0.29) is 17.9 Å². The van der Waals surface area contributed by atoms with Gasteiger partial charge in [-0.15, -0.1) is 0 Å². The molecule has 2 aromatic heterocycles. The van der Waals surface area contributed by atoms with Gasteiger partial charge in [-0.2, -0.15) is 0 Å². The molecule has 0 radical (unpaired) electrons. The highest BCUT2D eigenvalue weighted by atomic mass is 35.5. The van der Waals surface area contributed by atoms with Crippen molar-refractivity contribution in [2.75, 3.05) is 6.54 Å². The van der Waals surface area contributed by atoms with E-state index in [2.05, 4.69) is 4.98 Å². The zero-order valence-corrected chi connectivity index (χ0v) is 16.0. The zero-order chi connectivity index (χ0) is 20.4. The summed E-state index contributed by atoms with van der Waals surface area (Å²) in [6.07, 6.45) is 5.01. The van der Waals surface area contributed by atoms with Crippen LogP contribution in [0.3, 0.4) is 0 Å². The fraction of sp³-hybridized carbons (Fsp3) is 0.136. The fourth-order valence-electron chi connectivity index (χ4n) is 3.42. The average Bonchev–Trinajstić information content (AvgIpc) is 3.35. The van der Waals surface area contributed by atoms with Crippen LogP contribution >= 0.6 is 11.6 Å². The number of carbonyl (C=O) groups excluding carboxylic acids is 2. The third kappa shape index (κ3) is 3.67. The van der Waals surface area contributed by atoms with Gasteiger partial charge in [0, 0.05) is 29.5 Å². The summed E-state index contributed by atoms with van der Waals surface area (Å²) < 4.78 is 5.51. The molecular formula is C22H17ClN2O4. The standard InChI is InChI=1S/C22H17ClN2O4/c23-16-5-3-14(4-6-16)9-12-25-19(17-2-1-13-29-17)18(21(27)22(25)28)20(26)15-7-10-24-11-8-15/h1-8,10-11,13,19,26H,9,12H2/b20-18-. The van der Waals surface area contributed by atoms with E-state index in [9.17, 15) is 14.7 Å². The van der Waals surface area contributed by atoms with Gasteiger partial charge < -0.3 is 14.4 Å². The summed E-state index contributed by atoms with van der Waals surface area (Å²) in [6.45, 7) is 0.282. The number of ketones is 1. The Morgan fingerprint density at radius 2 is 1.83 bits per heavy atom. The van der Waals surface area contributed by atoms with Gasteiger partial charge in [0.05, 0.1) is 11.8 Å². The number of hydrogen-bond donors (Lipinski definition) is 1. The number of aliphatic hydroxyl groups excluding tert-OH is 1. The van der Waals surface area contributed by atoms with Crippen LogP contribution in [-0.2, 0) is 16.0 Å². The van der Waals surface area contributed by atoms with Crippen LogP contribution in [0, 0.1) is 0 Å². The minimum Gasteiger partial charge on any atom is -0.507 e. The molecule has 0 saturated carbocycles. The van der Waals surface area contributed by atoms with Crippen LogP contribution in [0.25, 0.3) is 5.76 Å². The molecule has 1 N–H and O–H groups in total. The van der Waals surface area contributed by atoms with Gasteiger partial charge in [0.15, 0.2) is 0 Å². The second-order valence-corrected chi connectivity index (χ2v) is 7.06. The van der Waals surface area contributed by atoms with Crippen LogP contribution in [0.4, 0.5) is 0 Å². The summed E-state index contributed by atoms with van der Waals surface area (Å²) in [5, 5.41) is 11.4. The van der Waals surface area contributed by atoms with Crippen molar-refractivity contribution in [2.45, 2.75) is 12.5 Å². The Kier molecular flexibility index (Phi) is 5.18. The minimum atomic E-state index is -0.800. The number of pyridine rings is 1. The molecule has 1 atom stereocenters. The third-order valence-electron chi connectivity index (χ3n) is 4.86. The number of aromatic nitrogens is 1. The average molecular weight is 409 g/mol. The normalized spacial score (nSPS) is 18.4. The summed E-state index contributed by atoms with van der Waals surface area (Å²) in [7, 11) is 0. The molecule has 29 heavy (non-hydrogen) atoms. The largest absolute Gasteiger partial charge is 0.507 e. The van der Waals surface area contributed by atoms with Crippen molar-refractivity contribution in [3.8, 4) is 0 Å². The van der Waals surface area contributed by atoms with Crippen molar-refractivity contribution < 1.29 is 19.1 Å². The smallest absolute Gasteiger partial charge is 0.295 e. The Bertz CT molecular complexity index is 1060. The van der Waals surface area contributed by atoms with Gasteiger partial charge in [-0.05, 0) is 48.4 Å². The quantitative estimate of drug-likeness (QED) is 0.392. The molecule has 7 heteroatoms. The number of carbonyl (C=O) groups is 2. The number of rotatable bonds is 5. The monoisotopic (exact) mass is 408 g/mol. The first-order chi connectivity index (χ1) is 14.1. The van der Waals surface area contributed by atoms with Crippen molar-refractivity contribution in [3.05, 3.63) is 94.7 Å². The predicted octanol–water partition coefficient (Wildman–Crippen LogP) is 3.99. The maximum atomic E-state index is 12.8. The second kappa shape index (κ2) is 7.93. The van der Waals surface area contributed by atoms with Crippen molar-refractivity contribution in [1.82, 2.24) is 9.88 Å². The maximum Gasteiger partial charge on any atom is 0.295 e. The number of likely N-dealkylation sites (tertiary alicyclic amines) is 1. The molecule has 4 rings (SSSR count). The van der Waals surface area contributed by atoms with Crippen LogP contribution in [0.1, 0.15) is 22.9 Å². The number of aliphatic hydroxyl groups is 1. The van der Waals surface area contributed by atoms with E-state index in [0.717, 1.165) is 5.56 Å². The topological polar surface area (TPSA) is 83.6 Å². The molecule has 1 amide bonds. The lowest BCUT2D eigenvalue weighted by molar-refractivity contribution is -0.140. The Hall–Kier alpha value is -3.38. The highest BCUT2D eigenvalue weighted by Crippen LogP contribution is 2.39. The zero-order valence-electron chi connectivity index (χ0n) is 15.3. The molecule has 1 saturated heterocycles. The lowest BCUT2D eigenvalue weighted by atomic mass is 9.99. The van der Waals surface area contributed by atoms with E-state index in [1.165, 1.54) is 23.6 Å². The number of benzene rings is 1. The summed E-state index contributed by atoms with van der Waals surface area (Å²) in [6, 6.07) is 13.0. The Labute approximate surface area is 172 Å². The number of hydrogen-bond acceptors (Lipinski definition) is 5. The van der Waals surface area contributed by atoms with Crippen LogP contribution in [0.15, 0.2) is 77.2 Å². The summed E-state index contributed by atoms with van der Waals surface area (Å²) in [4.78, 5) is 30.9. The first kappa shape index (κ1) is 19.0. The van der Waals surface area contributed by atoms with Crippen molar-refractivity contribution in [1.29, 1.82) is 0 Å². The van der Waals surface area contributed by atoms with Crippen molar-refractivity contribution in [2.24, 2.45) is 0 Å². The molecule has 3 aromatic rings. The van der Waals surface area contributed by atoms with Gasteiger partial charge in [-0.3, -0.25) is 14.6 Å². The van der Waals surface area contributed by atoms with E-state index < -0.39 is 17.7 Å². The number of amides is 1. The maximum absolute atomic E-state index is 12.8. The Balaban J connectivity index is 1.72. The first-order valence-electron chi connectivity index (χ1n) is 9.03. The first-order valence-corrected chi connectivity index (χ1v) is 9.40. The molecule has 1 aromatic carbocycles. The number of Topliss-reactive ketones (excluding diaryl/α,β-unsaturated/α-hetero) is 1. The molecular weight excluding hydrogens is 392 g/mol. The Morgan fingerprint density at radius 3 is 2.48 bits per heavy atom. The molecule has 6 nitrogen and oxygen atoms in total. The van der Waals surface area contributed by atoms with E-state index >= 15 is 0 Å². The molecule has 1 aliphatic rings. The number of furan rings is 1. The second-order valence-electron chi connectivity index (χ2n) is 6.62. The Morgan fingerprint density at radius 1 is 1.10 bits per heavy atom.